The molecular formula is C18H19N4O5S-. The summed E-state index contributed by atoms with van der Waals surface area (Å²) in [4.78, 5) is 29.2. The highest BCUT2D eigenvalue weighted by Crippen LogP contribution is 2.21. The number of hydrogen-bond donors (Lipinski definition) is 1. The Morgan fingerprint density at radius 1 is 1.36 bits per heavy atom. The molecule has 1 aliphatic rings. The van der Waals surface area contributed by atoms with Gasteiger partial charge in [-0.3, -0.25) is 4.79 Å². The van der Waals surface area contributed by atoms with E-state index >= 15 is 0 Å². The number of anilines is 1. The maximum absolute atomic E-state index is 12.1. The molecule has 148 valence electrons. The maximum Gasteiger partial charge on any atom is 0.246 e. The van der Waals surface area contributed by atoms with Crippen LogP contribution in [-0.4, -0.2) is 56.0 Å². The molecule has 9 nitrogen and oxygen atoms in total. The van der Waals surface area contributed by atoms with Crippen LogP contribution in [-0.2, 0) is 20.7 Å². The van der Waals surface area contributed by atoms with Crippen molar-refractivity contribution in [3.05, 3.63) is 40.9 Å². The van der Waals surface area contributed by atoms with E-state index in [-0.39, 0.29) is 12.3 Å². The Balaban J connectivity index is 1.52. The van der Waals surface area contributed by atoms with Gasteiger partial charge in [0.1, 0.15) is 12.4 Å². The van der Waals surface area contributed by atoms with Gasteiger partial charge in [0, 0.05) is 24.0 Å². The van der Waals surface area contributed by atoms with Gasteiger partial charge in [-0.05, 0) is 12.1 Å². The van der Waals surface area contributed by atoms with E-state index < -0.39 is 12.6 Å². The highest BCUT2D eigenvalue weighted by Gasteiger charge is 2.15. The number of nitrogens with zero attached hydrogens (tertiary/aromatic N) is 3. The summed E-state index contributed by atoms with van der Waals surface area (Å²) >= 11 is 1.50. The van der Waals surface area contributed by atoms with Crippen molar-refractivity contribution in [3.8, 4) is 5.75 Å². The minimum Gasteiger partial charge on any atom is -0.546 e. The molecule has 1 aliphatic heterocycles. The van der Waals surface area contributed by atoms with E-state index in [9.17, 15) is 14.7 Å². The van der Waals surface area contributed by atoms with E-state index in [2.05, 4.69) is 20.4 Å². The van der Waals surface area contributed by atoms with Crippen LogP contribution in [0.1, 0.15) is 11.3 Å². The van der Waals surface area contributed by atoms with Crippen LogP contribution in [0.4, 0.5) is 5.13 Å². The average molecular weight is 403 g/mol. The number of aliphatic carboxylic acids is 1. The first-order valence-corrected chi connectivity index (χ1v) is 9.50. The second kappa shape index (κ2) is 9.81. The Hall–Kier alpha value is -2.98. The van der Waals surface area contributed by atoms with Gasteiger partial charge in [-0.15, -0.1) is 11.3 Å². The molecule has 0 bridgehead atoms. The van der Waals surface area contributed by atoms with Crippen LogP contribution in [0.5, 0.6) is 5.75 Å². The summed E-state index contributed by atoms with van der Waals surface area (Å²) in [6, 6.07) is 6.75. The quantitative estimate of drug-likeness (QED) is 0.479. The molecule has 2 heterocycles. The number of hydrazone groups is 1. The molecule has 1 aromatic carbocycles. The molecule has 0 aliphatic carbocycles. The Morgan fingerprint density at radius 3 is 2.93 bits per heavy atom. The highest BCUT2D eigenvalue weighted by molar-refractivity contribution is 7.13. The standard InChI is InChI=1S/C18H20N4O5S/c23-16(9-14-12-28-18(20-14)22-5-7-26-8-6-22)21-19-10-13-3-1-2-4-15(13)27-11-17(24)25/h1-4,10,12H,5-9,11H2,(H,21,23)(H,24,25)/p-1/b19-10-. The van der Waals surface area contributed by atoms with Crippen LogP contribution < -0.4 is 20.2 Å². The minimum atomic E-state index is -1.32. The monoisotopic (exact) mass is 403 g/mol. The van der Waals surface area contributed by atoms with Gasteiger partial charge >= 0.3 is 0 Å². The molecule has 0 unspecified atom stereocenters. The number of amides is 1. The van der Waals surface area contributed by atoms with E-state index in [0.29, 0.717) is 30.2 Å². The van der Waals surface area contributed by atoms with Crippen LogP contribution in [0.25, 0.3) is 0 Å². The first-order chi connectivity index (χ1) is 13.6. The normalized spacial score (nSPS) is 14.2. The Bertz CT molecular complexity index is 848. The fraction of sp³-hybridized carbons (Fsp3) is 0.333. The lowest BCUT2D eigenvalue weighted by molar-refractivity contribution is -0.307. The van der Waals surface area contributed by atoms with Crippen LogP contribution >= 0.6 is 11.3 Å². The molecule has 1 fully saturated rings. The molecule has 0 saturated carbocycles. The molecule has 28 heavy (non-hydrogen) atoms. The van der Waals surface area contributed by atoms with Crippen LogP contribution in [0.15, 0.2) is 34.7 Å². The fourth-order valence-electron chi connectivity index (χ4n) is 2.51. The molecule has 0 radical (unpaired) electrons. The van der Waals surface area contributed by atoms with Gasteiger partial charge in [-0.25, -0.2) is 10.4 Å². The number of aromatic nitrogens is 1. The number of para-hydroxylation sites is 1. The topological polar surface area (TPSA) is 116 Å². The molecule has 3 rings (SSSR count). The zero-order valence-corrected chi connectivity index (χ0v) is 15.8. The smallest absolute Gasteiger partial charge is 0.246 e. The summed E-state index contributed by atoms with van der Waals surface area (Å²) < 4.78 is 10.4. The number of morpholine rings is 1. The third-order valence-corrected chi connectivity index (χ3v) is 4.77. The lowest BCUT2D eigenvalue weighted by Gasteiger charge is -2.26. The number of carboxylic acid groups (broad SMARTS) is 1. The first-order valence-electron chi connectivity index (χ1n) is 8.62. The molecule has 0 atom stereocenters. The predicted octanol–water partition coefficient (Wildman–Crippen LogP) is -0.199. The lowest BCUT2D eigenvalue weighted by Crippen LogP contribution is -2.36. The molecular weight excluding hydrogens is 384 g/mol. The van der Waals surface area contributed by atoms with E-state index in [0.717, 1.165) is 18.2 Å². The van der Waals surface area contributed by atoms with E-state index in [1.807, 2.05) is 5.38 Å². The van der Waals surface area contributed by atoms with Gasteiger partial charge in [0.25, 0.3) is 0 Å². The molecule has 1 aromatic heterocycles. The Kier molecular flexibility index (Phi) is 6.93. The van der Waals surface area contributed by atoms with Crippen molar-refractivity contribution >= 4 is 34.6 Å². The highest BCUT2D eigenvalue weighted by atomic mass is 32.1. The summed E-state index contributed by atoms with van der Waals surface area (Å²) in [5.41, 5.74) is 3.65. The molecule has 1 N–H and O–H groups in total. The van der Waals surface area contributed by atoms with Gasteiger partial charge in [0.15, 0.2) is 5.13 Å². The molecule has 1 amide bonds. The van der Waals surface area contributed by atoms with Gasteiger partial charge in [-0.2, -0.15) is 5.10 Å². The summed E-state index contributed by atoms with van der Waals surface area (Å²) in [6.07, 6.45) is 1.50. The second-order valence-corrected chi connectivity index (χ2v) is 6.73. The van der Waals surface area contributed by atoms with Gasteiger partial charge in [0.05, 0.1) is 37.5 Å². The number of ether oxygens (including phenoxy) is 2. The zero-order valence-electron chi connectivity index (χ0n) is 15.0. The summed E-state index contributed by atoms with van der Waals surface area (Å²) in [7, 11) is 0. The zero-order chi connectivity index (χ0) is 19.8. The molecule has 1 saturated heterocycles. The Labute approximate surface area is 165 Å². The van der Waals surface area contributed by atoms with Gasteiger partial charge in [-0.1, -0.05) is 12.1 Å². The van der Waals surface area contributed by atoms with Crippen molar-refractivity contribution in [3.63, 3.8) is 0 Å². The number of benzene rings is 1. The van der Waals surface area contributed by atoms with E-state index in [1.54, 1.807) is 24.3 Å². The van der Waals surface area contributed by atoms with Crippen molar-refractivity contribution in [2.75, 3.05) is 37.8 Å². The lowest BCUT2D eigenvalue weighted by atomic mass is 10.2. The first kappa shape index (κ1) is 19.8. The summed E-state index contributed by atoms with van der Waals surface area (Å²) in [6.45, 7) is 2.38. The van der Waals surface area contributed by atoms with E-state index in [4.69, 9.17) is 9.47 Å². The third-order valence-electron chi connectivity index (χ3n) is 3.82. The summed E-state index contributed by atoms with van der Waals surface area (Å²) in [5.74, 6) is -1.29. The van der Waals surface area contributed by atoms with Crippen molar-refractivity contribution in [2.45, 2.75) is 6.42 Å². The Morgan fingerprint density at radius 2 is 2.14 bits per heavy atom. The largest absolute Gasteiger partial charge is 0.546 e. The molecule has 0 spiro atoms. The number of carboxylic acids is 1. The van der Waals surface area contributed by atoms with E-state index in [1.165, 1.54) is 17.6 Å². The van der Waals surface area contributed by atoms with Crippen molar-refractivity contribution < 1.29 is 24.2 Å². The minimum absolute atomic E-state index is 0.112. The van der Waals surface area contributed by atoms with Crippen molar-refractivity contribution in [1.82, 2.24) is 10.4 Å². The SMILES string of the molecule is O=C([O-])COc1ccccc1/C=N\NC(=O)Cc1csc(N2CCOCC2)n1. The second-order valence-electron chi connectivity index (χ2n) is 5.89. The van der Waals surface area contributed by atoms with Crippen LogP contribution in [0.3, 0.4) is 0 Å². The number of nitrogens with one attached hydrogen (secondary N) is 1. The predicted molar refractivity (Wildman–Crippen MR) is 102 cm³/mol. The maximum atomic E-state index is 12.1. The van der Waals surface area contributed by atoms with Gasteiger partial charge in [0.2, 0.25) is 5.91 Å². The average Bonchev–Trinajstić information content (AvgIpc) is 3.16. The van der Waals surface area contributed by atoms with Crippen LogP contribution in [0, 0.1) is 0 Å². The van der Waals surface area contributed by atoms with Crippen molar-refractivity contribution in [2.24, 2.45) is 5.10 Å². The number of hydrogen-bond acceptors (Lipinski definition) is 9. The fourth-order valence-corrected chi connectivity index (χ4v) is 3.39. The van der Waals surface area contributed by atoms with Gasteiger partial charge < -0.3 is 24.3 Å². The number of thiazole rings is 1. The number of rotatable bonds is 8. The number of carbonyl (C=O) groups excluding carboxylic acids is 2. The molecule has 10 heteroatoms. The third kappa shape index (κ3) is 5.76. The number of carbonyl (C=O) groups is 2. The summed E-state index contributed by atoms with van der Waals surface area (Å²) in [5, 5.41) is 17.2. The van der Waals surface area contributed by atoms with Crippen LogP contribution in [0.2, 0.25) is 0 Å². The molecule has 2 aromatic rings. The van der Waals surface area contributed by atoms with Crippen molar-refractivity contribution in [1.29, 1.82) is 0 Å².